The van der Waals surface area contributed by atoms with Crippen molar-refractivity contribution in [3.05, 3.63) is 26.3 Å². The Balaban J connectivity index is 3.26. The third-order valence-corrected chi connectivity index (χ3v) is 2.73. The minimum Gasteiger partial charge on any atom is -0.505 e. The first-order valence-electron chi connectivity index (χ1n) is 3.33. The van der Waals surface area contributed by atoms with Gasteiger partial charge in [0.15, 0.2) is 0 Å². The highest BCUT2D eigenvalue weighted by Gasteiger charge is 2.15. The molecule has 1 aromatic rings. The molecule has 0 amide bonds. The van der Waals surface area contributed by atoms with Gasteiger partial charge in [-0.25, -0.2) is 4.79 Å². The molecule has 1 aromatic carbocycles. The van der Waals surface area contributed by atoms with Gasteiger partial charge in [0.25, 0.3) is 0 Å². The van der Waals surface area contributed by atoms with E-state index < -0.39 is 5.97 Å². The van der Waals surface area contributed by atoms with E-state index >= 15 is 0 Å². The summed E-state index contributed by atoms with van der Waals surface area (Å²) in [7, 11) is 1.26. The van der Waals surface area contributed by atoms with E-state index in [2.05, 4.69) is 4.74 Å². The monoisotopic (exact) mass is 312 g/mol. The lowest BCUT2D eigenvalue weighted by molar-refractivity contribution is 0.0600. The molecule has 0 fully saturated rings. The van der Waals surface area contributed by atoms with Gasteiger partial charge in [-0.3, -0.25) is 0 Å². The quantitative estimate of drug-likeness (QED) is 0.640. The molecular weight excluding hydrogens is 306 g/mol. The fourth-order valence-electron chi connectivity index (χ4n) is 0.809. The molecule has 13 heavy (non-hydrogen) atoms. The Morgan fingerprint density at radius 2 is 2.23 bits per heavy atom. The average Bonchev–Trinajstić information content (AvgIpc) is 2.13. The summed E-state index contributed by atoms with van der Waals surface area (Å²) < 4.78 is 5.07. The molecule has 0 aliphatic rings. The predicted octanol–water partition coefficient (Wildman–Crippen LogP) is 2.44. The Morgan fingerprint density at radius 3 is 2.77 bits per heavy atom. The Kier molecular flexibility index (Phi) is 3.38. The largest absolute Gasteiger partial charge is 0.505 e. The molecule has 0 bridgehead atoms. The van der Waals surface area contributed by atoms with Crippen LogP contribution in [0.2, 0.25) is 5.02 Å². The van der Waals surface area contributed by atoms with Crippen LogP contribution in [0.25, 0.3) is 0 Å². The molecule has 0 aliphatic heterocycles. The first-order chi connectivity index (χ1) is 6.07. The van der Waals surface area contributed by atoms with Gasteiger partial charge < -0.3 is 9.84 Å². The summed E-state index contributed by atoms with van der Waals surface area (Å²) in [6, 6.07) is 3.10. The zero-order valence-corrected chi connectivity index (χ0v) is 9.59. The number of methoxy groups -OCH3 is 1. The lowest BCUT2D eigenvalue weighted by atomic mass is 10.2. The van der Waals surface area contributed by atoms with Crippen molar-refractivity contribution in [3.63, 3.8) is 0 Å². The summed E-state index contributed by atoms with van der Waals surface area (Å²) in [5.74, 6) is -0.651. The summed E-state index contributed by atoms with van der Waals surface area (Å²) in [5.41, 5.74) is 0.169. The predicted molar refractivity (Wildman–Crippen MR) is 57.2 cm³/mol. The van der Waals surface area contributed by atoms with Crippen molar-refractivity contribution >= 4 is 40.2 Å². The molecule has 1 N–H and O–H groups in total. The standard InChI is InChI=1S/C8H6ClIO3/c1-13-8(12)4-2-3-5(10)7(11)6(4)9/h2-3,11H,1H3. The van der Waals surface area contributed by atoms with E-state index in [9.17, 15) is 9.90 Å². The maximum atomic E-state index is 11.1. The smallest absolute Gasteiger partial charge is 0.339 e. The number of hydrogen-bond donors (Lipinski definition) is 1. The van der Waals surface area contributed by atoms with E-state index in [0.29, 0.717) is 3.57 Å². The maximum absolute atomic E-state index is 11.1. The number of phenols is 1. The zero-order chi connectivity index (χ0) is 10.0. The van der Waals surface area contributed by atoms with Gasteiger partial charge in [0, 0.05) is 0 Å². The Morgan fingerprint density at radius 1 is 1.62 bits per heavy atom. The van der Waals surface area contributed by atoms with Crippen LogP contribution in [0.3, 0.4) is 0 Å². The highest BCUT2D eigenvalue weighted by molar-refractivity contribution is 14.1. The lowest BCUT2D eigenvalue weighted by Crippen LogP contribution is -2.02. The minimum absolute atomic E-state index is 0.0266. The number of halogens is 2. The van der Waals surface area contributed by atoms with Gasteiger partial charge in [-0.05, 0) is 34.7 Å². The maximum Gasteiger partial charge on any atom is 0.339 e. The van der Waals surface area contributed by atoms with Crippen LogP contribution in [0.15, 0.2) is 12.1 Å². The molecule has 0 radical (unpaired) electrons. The number of carbonyl (C=O) groups is 1. The zero-order valence-electron chi connectivity index (χ0n) is 6.67. The number of aromatic hydroxyl groups is 1. The summed E-state index contributed by atoms with van der Waals surface area (Å²) in [6.07, 6.45) is 0. The number of ether oxygens (including phenoxy) is 1. The molecule has 0 heterocycles. The van der Waals surface area contributed by atoms with Crippen molar-refractivity contribution in [1.82, 2.24) is 0 Å². The second-order valence-corrected chi connectivity index (χ2v) is 3.79. The van der Waals surface area contributed by atoms with Gasteiger partial charge in [0.2, 0.25) is 0 Å². The molecular formula is C8H6ClIO3. The summed E-state index contributed by atoms with van der Waals surface area (Å²) in [5, 5.41) is 9.41. The van der Waals surface area contributed by atoms with Crippen LogP contribution in [0.5, 0.6) is 5.75 Å². The fourth-order valence-corrected chi connectivity index (χ4v) is 1.66. The number of esters is 1. The molecule has 0 aliphatic carbocycles. The van der Waals surface area contributed by atoms with Crippen molar-refractivity contribution in [1.29, 1.82) is 0 Å². The van der Waals surface area contributed by atoms with Crippen LogP contribution in [0.4, 0.5) is 0 Å². The van der Waals surface area contributed by atoms with Crippen molar-refractivity contribution in [2.45, 2.75) is 0 Å². The molecule has 0 unspecified atom stereocenters. The Bertz CT molecular complexity index is 351. The molecule has 3 nitrogen and oxygen atoms in total. The van der Waals surface area contributed by atoms with Crippen molar-refractivity contribution < 1.29 is 14.6 Å². The highest BCUT2D eigenvalue weighted by Crippen LogP contribution is 2.32. The molecule has 0 aromatic heterocycles. The summed E-state index contributed by atoms with van der Waals surface area (Å²) in [4.78, 5) is 11.1. The van der Waals surface area contributed by atoms with Crippen LogP contribution < -0.4 is 0 Å². The Labute approximate surface area is 93.8 Å². The highest BCUT2D eigenvalue weighted by atomic mass is 127. The van der Waals surface area contributed by atoms with E-state index in [4.69, 9.17) is 11.6 Å². The minimum atomic E-state index is -0.559. The number of hydrogen-bond acceptors (Lipinski definition) is 3. The van der Waals surface area contributed by atoms with Crippen LogP contribution >= 0.6 is 34.2 Å². The molecule has 0 atom stereocenters. The molecule has 5 heteroatoms. The van der Waals surface area contributed by atoms with E-state index in [1.165, 1.54) is 13.2 Å². The molecule has 0 spiro atoms. The van der Waals surface area contributed by atoms with Crippen molar-refractivity contribution in [2.75, 3.05) is 7.11 Å². The van der Waals surface area contributed by atoms with E-state index in [0.717, 1.165) is 0 Å². The second-order valence-electron chi connectivity index (χ2n) is 2.25. The fraction of sp³-hybridized carbons (Fsp3) is 0.125. The number of phenolic OH excluding ortho intramolecular Hbond substituents is 1. The van der Waals surface area contributed by atoms with Gasteiger partial charge in [0.05, 0.1) is 21.3 Å². The lowest BCUT2D eigenvalue weighted by Gasteiger charge is -2.04. The Hall–Kier alpha value is -0.490. The molecule has 70 valence electrons. The van der Waals surface area contributed by atoms with Gasteiger partial charge in [-0.2, -0.15) is 0 Å². The van der Waals surface area contributed by atoms with Crippen LogP contribution in [0, 0.1) is 3.57 Å². The topological polar surface area (TPSA) is 46.5 Å². The number of benzene rings is 1. The normalized spacial score (nSPS) is 9.77. The molecule has 1 rings (SSSR count). The number of carbonyl (C=O) groups excluding carboxylic acids is 1. The SMILES string of the molecule is COC(=O)c1ccc(I)c(O)c1Cl. The molecule has 0 saturated carbocycles. The third-order valence-electron chi connectivity index (χ3n) is 1.47. The summed E-state index contributed by atoms with van der Waals surface area (Å²) >= 11 is 7.63. The second kappa shape index (κ2) is 4.15. The first kappa shape index (κ1) is 10.6. The van der Waals surface area contributed by atoms with Crippen LogP contribution in [0.1, 0.15) is 10.4 Å². The number of rotatable bonds is 1. The van der Waals surface area contributed by atoms with Gasteiger partial charge >= 0.3 is 5.97 Å². The van der Waals surface area contributed by atoms with Crippen LogP contribution in [-0.2, 0) is 4.74 Å². The average molecular weight is 312 g/mol. The van der Waals surface area contributed by atoms with Crippen LogP contribution in [-0.4, -0.2) is 18.2 Å². The van der Waals surface area contributed by atoms with E-state index in [-0.39, 0.29) is 16.3 Å². The van der Waals surface area contributed by atoms with Gasteiger partial charge in [0.1, 0.15) is 5.75 Å². The third kappa shape index (κ3) is 2.05. The first-order valence-corrected chi connectivity index (χ1v) is 4.79. The van der Waals surface area contributed by atoms with Gasteiger partial charge in [-0.1, -0.05) is 11.6 Å². The molecule has 0 saturated heterocycles. The van der Waals surface area contributed by atoms with Crippen molar-refractivity contribution in [3.8, 4) is 5.75 Å². The van der Waals surface area contributed by atoms with Gasteiger partial charge in [-0.15, -0.1) is 0 Å². The van der Waals surface area contributed by atoms with E-state index in [1.54, 1.807) is 6.07 Å². The van der Waals surface area contributed by atoms with E-state index in [1.807, 2.05) is 22.6 Å². The van der Waals surface area contributed by atoms with Crippen molar-refractivity contribution in [2.24, 2.45) is 0 Å². The summed E-state index contributed by atoms with van der Waals surface area (Å²) in [6.45, 7) is 0.